The molecule has 0 spiro atoms. The first-order valence-electron chi connectivity index (χ1n) is 36.9. The van der Waals surface area contributed by atoms with Crippen LogP contribution in [-0.4, -0.2) is 219 Å². The molecule has 0 aromatic rings. The third-order valence-corrected chi connectivity index (χ3v) is 28.8. The molecule has 83 heavy (non-hydrogen) atoms. The van der Waals surface area contributed by atoms with Gasteiger partial charge in [0.25, 0.3) is 0 Å². The van der Waals surface area contributed by atoms with Gasteiger partial charge in [0.05, 0.1) is 0 Å². The van der Waals surface area contributed by atoms with Crippen molar-refractivity contribution in [1.82, 2.24) is 44.1 Å². The average Bonchev–Trinajstić information content (AvgIpc) is 4.39. The van der Waals surface area contributed by atoms with Crippen molar-refractivity contribution in [3.8, 4) is 0 Å². The van der Waals surface area contributed by atoms with Crippen LogP contribution in [0.25, 0.3) is 0 Å². The molecule has 0 aromatic heterocycles. The number of piperidine rings is 8. The summed E-state index contributed by atoms with van der Waals surface area (Å²) in [5, 5.41) is 0. The van der Waals surface area contributed by atoms with Gasteiger partial charge in [-0.15, -0.1) is 0 Å². The number of hydrogen-bond acceptors (Lipinski definition) is 9. The zero-order valence-corrected chi connectivity index (χ0v) is 58.1. The van der Waals surface area contributed by atoms with Crippen molar-refractivity contribution in [2.24, 2.45) is 88.8 Å². The van der Waals surface area contributed by atoms with Gasteiger partial charge in [-0.2, -0.15) is 0 Å². The fraction of sp³-hybridized carbons (Fsp3) is 1.00. The smallest absolute Gasteiger partial charge is 0.0122 e. The van der Waals surface area contributed by atoms with Crippen molar-refractivity contribution in [3.63, 3.8) is 0 Å². The minimum atomic E-state index is 0.939. The van der Waals surface area contributed by atoms with Crippen LogP contribution in [0.3, 0.4) is 0 Å². The molecule has 0 amide bonds. The summed E-state index contributed by atoms with van der Waals surface area (Å²) in [6.45, 7) is 29.8. The highest BCUT2D eigenvalue weighted by molar-refractivity contribution is 5.01. The second-order valence-electron chi connectivity index (χ2n) is 34.6. The summed E-state index contributed by atoms with van der Waals surface area (Å²) in [6, 6.07) is 11.3. The van der Waals surface area contributed by atoms with Crippen molar-refractivity contribution in [2.75, 3.05) is 103 Å². The lowest BCUT2D eigenvalue weighted by Crippen LogP contribution is -2.39. The molecule has 18 fully saturated rings. The highest BCUT2D eigenvalue weighted by Crippen LogP contribution is 2.46. The van der Waals surface area contributed by atoms with Gasteiger partial charge in [0.2, 0.25) is 0 Å². The molecule has 18 aliphatic rings. The van der Waals surface area contributed by atoms with E-state index in [9.17, 15) is 0 Å². The number of nitrogens with zero attached hydrogens (tertiary/aromatic N) is 9. The Kier molecular flexibility index (Phi) is 22.5. The van der Waals surface area contributed by atoms with E-state index in [-0.39, 0.29) is 0 Å². The van der Waals surface area contributed by atoms with Gasteiger partial charge in [-0.3, -0.25) is 0 Å². The lowest BCUT2D eigenvalue weighted by Gasteiger charge is -2.34. The van der Waals surface area contributed by atoms with Gasteiger partial charge < -0.3 is 44.1 Å². The maximum absolute atomic E-state index is 2.60. The van der Waals surface area contributed by atoms with E-state index >= 15 is 0 Å². The van der Waals surface area contributed by atoms with E-state index in [2.05, 4.69) is 170 Å². The van der Waals surface area contributed by atoms with Crippen LogP contribution < -0.4 is 0 Å². The highest BCUT2D eigenvalue weighted by atomic mass is 15.2. The topological polar surface area (TPSA) is 29.2 Å². The first-order valence-corrected chi connectivity index (χ1v) is 36.9. The Labute approximate surface area is 515 Å². The third-order valence-electron chi connectivity index (χ3n) is 28.8. The van der Waals surface area contributed by atoms with E-state index in [1.807, 2.05) is 0 Å². The summed E-state index contributed by atoms with van der Waals surface area (Å²) < 4.78 is 0. The largest absolute Gasteiger partial charge is 0.303 e. The summed E-state index contributed by atoms with van der Waals surface area (Å²) in [5.41, 5.74) is 0. The standard InChI is InChI=1S/2C9H17N.7C8H15N/c2*1-7-5-8-3-4-9(6-7)10(8)2;2*1-6-3-8-4-7(6)5-9(8)2;2*1-6-3-7-4-8(6)9(2)5-7;2*1-6-7-3-4-8(6)9(2)5-7;1-6-5-7-3-4-8(6)9(7)2/h2*7-9H,3-6H2,1-2H3;7*6-8H,3-5H2,1-2H3. The third kappa shape index (κ3) is 15.2. The predicted octanol–water partition coefficient (Wildman–Crippen LogP) is 13.3. The van der Waals surface area contributed by atoms with E-state index in [1.165, 1.54) is 187 Å². The lowest BCUT2D eigenvalue weighted by atomic mass is 9.91. The zero-order valence-electron chi connectivity index (χ0n) is 58.1. The van der Waals surface area contributed by atoms with Gasteiger partial charge in [-0.25, -0.2) is 0 Å². The van der Waals surface area contributed by atoms with E-state index in [0.717, 1.165) is 161 Å². The molecule has 12 saturated heterocycles. The second kappa shape index (κ2) is 28.4. The molecule has 0 radical (unpaired) electrons. The van der Waals surface area contributed by atoms with Crippen molar-refractivity contribution < 1.29 is 0 Å². The molecule has 25 unspecified atom stereocenters. The molecule has 0 N–H and O–H groups in total. The fourth-order valence-electron chi connectivity index (χ4n) is 23.4. The number of likely N-dealkylation sites (tertiary alicyclic amines) is 6. The lowest BCUT2D eigenvalue weighted by molar-refractivity contribution is 0.142. The Bertz CT molecular complexity index is 1730. The number of hydrogen-bond donors (Lipinski definition) is 0. The molecule has 12 heterocycles. The van der Waals surface area contributed by atoms with Crippen LogP contribution in [-0.2, 0) is 0 Å². The number of rotatable bonds is 0. The number of fused-ring (bicyclic) bond motifs is 18. The zero-order chi connectivity index (χ0) is 59.3. The van der Waals surface area contributed by atoms with E-state index < -0.39 is 0 Å². The molecule has 9 nitrogen and oxygen atoms in total. The molecular formula is C74H139N9. The quantitative estimate of drug-likeness (QED) is 0.235. The molecule has 18 rings (SSSR count). The fourth-order valence-corrected chi connectivity index (χ4v) is 23.4. The maximum Gasteiger partial charge on any atom is 0.0122 e. The van der Waals surface area contributed by atoms with Crippen LogP contribution in [0.2, 0.25) is 0 Å². The van der Waals surface area contributed by atoms with Crippen molar-refractivity contribution in [3.05, 3.63) is 0 Å². The molecule has 25 atom stereocenters. The van der Waals surface area contributed by atoms with Gasteiger partial charge in [-0.05, 0) is 300 Å². The van der Waals surface area contributed by atoms with Gasteiger partial charge in [-0.1, -0.05) is 62.3 Å². The van der Waals surface area contributed by atoms with Crippen molar-refractivity contribution in [1.29, 1.82) is 0 Å². The molecule has 6 aliphatic carbocycles. The van der Waals surface area contributed by atoms with Crippen LogP contribution in [0.15, 0.2) is 0 Å². The minimum Gasteiger partial charge on any atom is -0.303 e. The Hall–Kier alpha value is -0.360. The summed E-state index contributed by atoms with van der Waals surface area (Å²) in [7, 11) is 20.5. The summed E-state index contributed by atoms with van der Waals surface area (Å²) in [6.07, 6.45) is 33.8. The average molecular weight is 1150 g/mol. The van der Waals surface area contributed by atoms with E-state index in [1.54, 1.807) is 0 Å². The van der Waals surface area contributed by atoms with Crippen LogP contribution in [0.4, 0.5) is 0 Å². The summed E-state index contributed by atoms with van der Waals surface area (Å²) in [4.78, 5) is 22.9. The highest BCUT2D eigenvalue weighted by Gasteiger charge is 2.46. The monoisotopic (exact) mass is 1150 g/mol. The van der Waals surface area contributed by atoms with E-state index in [4.69, 9.17) is 0 Å². The van der Waals surface area contributed by atoms with Crippen LogP contribution in [0, 0.1) is 88.8 Å². The van der Waals surface area contributed by atoms with Crippen LogP contribution in [0.1, 0.15) is 210 Å². The first-order chi connectivity index (χ1) is 39.5. The Balaban J connectivity index is 0.000000104. The van der Waals surface area contributed by atoms with Gasteiger partial charge >= 0.3 is 0 Å². The maximum atomic E-state index is 2.60. The molecular weight excluding hydrogens is 1010 g/mol. The Morgan fingerprint density at radius 3 is 0.711 bits per heavy atom. The Morgan fingerprint density at radius 1 is 0.217 bits per heavy atom. The molecule has 0 aromatic carbocycles. The Morgan fingerprint density at radius 2 is 0.530 bits per heavy atom. The molecule has 9 heteroatoms. The van der Waals surface area contributed by atoms with Gasteiger partial charge in [0, 0.05) is 112 Å². The normalized spacial score (nSPS) is 50.0. The SMILES string of the molecule is CC1C2CCC1N(C)C2.CC1C2CCC1N(C)C2.CC1CC2CC1CN2C.CC1CC2CC1CN2C.CC1CC2CC1N(C)C2.CC1CC2CC1N(C)C2.CC1CC2CCC(C1)N2C.CC1CC2CCC(C1)N2C.CC1CC2CCC1N2C. The first kappa shape index (κ1) is 65.6. The summed E-state index contributed by atoms with van der Waals surface area (Å²) in [5.74, 6) is 15.2. The second-order valence-corrected chi connectivity index (χ2v) is 34.6. The molecule has 6 saturated carbocycles. The molecule has 12 aliphatic heterocycles. The van der Waals surface area contributed by atoms with Crippen LogP contribution in [0.5, 0.6) is 0 Å². The van der Waals surface area contributed by atoms with Crippen molar-refractivity contribution >= 4 is 0 Å². The molecule has 480 valence electrons. The predicted molar refractivity (Wildman–Crippen MR) is 354 cm³/mol. The van der Waals surface area contributed by atoms with Crippen molar-refractivity contribution in [2.45, 2.75) is 282 Å². The van der Waals surface area contributed by atoms with E-state index in [0.29, 0.717) is 0 Å². The van der Waals surface area contributed by atoms with Crippen LogP contribution >= 0.6 is 0 Å². The molecule has 18 bridgehead atoms. The van der Waals surface area contributed by atoms with Gasteiger partial charge in [0.15, 0.2) is 0 Å². The summed E-state index contributed by atoms with van der Waals surface area (Å²) >= 11 is 0. The minimum absolute atomic E-state index is 0.939. The van der Waals surface area contributed by atoms with Gasteiger partial charge in [0.1, 0.15) is 0 Å².